The Bertz CT molecular complexity index is 1160. The number of thiophene rings is 1. The molecule has 1 atom stereocenters. The molecule has 0 bridgehead atoms. The predicted octanol–water partition coefficient (Wildman–Crippen LogP) is 3.24. The highest BCUT2D eigenvalue weighted by Gasteiger charge is 2.45. The molecule has 0 N–H and O–H groups in total. The molecule has 0 saturated carbocycles. The zero-order valence-electron chi connectivity index (χ0n) is 18.3. The van der Waals surface area contributed by atoms with Crippen LogP contribution in [0, 0.1) is 5.92 Å². The Labute approximate surface area is 199 Å². The number of carbonyl (C=O) groups excluding carboxylic acids is 3. The molecule has 33 heavy (non-hydrogen) atoms. The van der Waals surface area contributed by atoms with E-state index >= 15 is 0 Å². The maximum Gasteiger partial charge on any atom is 0.262 e. The van der Waals surface area contributed by atoms with Crippen LogP contribution < -0.4 is 4.90 Å². The lowest BCUT2D eigenvalue weighted by Gasteiger charge is -2.38. The summed E-state index contributed by atoms with van der Waals surface area (Å²) < 4.78 is 0. The third kappa shape index (κ3) is 3.83. The van der Waals surface area contributed by atoms with Crippen LogP contribution in [-0.4, -0.2) is 69.9 Å². The van der Waals surface area contributed by atoms with E-state index in [1.807, 2.05) is 31.4 Å². The SMILES string of the molecule is CC(C)C(C(=O)N1CCN(c2nnc(-c3cccs3)s2)CC1)N1C(=O)c2ccccc2C1=O. The molecule has 1 aromatic carbocycles. The second kappa shape index (κ2) is 8.68. The van der Waals surface area contributed by atoms with E-state index in [4.69, 9.17) is 0 Å². The van der Waals surface area contributed by atoms with Crippen molar-refractivity contribution < 1.29 is 14.4 Å². The second-order valence-electron chi connectivity index (χ2n) is 8.39. The highest BCUT2D eigenvalue weighted by molar-refractivity contribution is 7.22. The van der Waals surface area contributed by atoms with Gasteiger partial charge in [-0.2, -0.15) is 0 Å². The number of fused-ring (bicyclic) bond motifs is 1. The van der Waals surface area contributed by atoms with Gasteiger partial charge in [0.05, 0.1) is 16.0 Å². The first-order valence-electron chi connectivity index (χ1n) is 10.8. The molecule has 4 heterocycles. The van der Waals surface area contributed by atoms with Gasteiger partial charge in [-0.05, 0) is 29.5 Å². The molecule has 1 unspecified atom stereocenters. The minimum Gasteiger partial charge on any atom is -0.343 e. The van der Waals surface area contributed by atoms with Crippen LogP contribution in [0.25, 0.3) is 9.88 Å². The molecular formula is C23H23N5O3S2. The molecule has 3 aromatic rings. The predicted molar refractivity (Wildman–Crippen MR) is 128 cm³/mol. The Kier molecular flexibility index (Phi) is 5.71. The number of imide groups is 1. The van der Waals surface area contributed by atoms with Crippen molar-refractivity contribution in [2.45, 2.75) is 19.9 Å². The minimum atomic E-state index is -0.823. The number of hydrogen-bond acceptors (Lipinski definition) is 8. The van der Waals surface area contributed by atoms with Crippen LogP contribution in [-0.2, 0) is 4.79 Å². The first kappa shape index (κ1) is 21.7. The van der Waals surface area contributed by atoms with Gasteiger partial charge in [-0.3, -0.25) is 19.3 Å². The van der Waals surface area contributed by atoms with E-state index in [-0.39, 0.29) is 11.8 Å². The smallest absolute Gasteiger partial charge is 0.262 e. The van der Waals surface area contributed by atoms with Gasteiger partial charge in [-0.25, -0.2) is 0 Å². The zero-order chi connectivity index (χ0) is 23.1. The van der Waals surface area contributed by atoms with Crippen molar-refractivity contribution in [3.8, 4) is 9.88 Å². The second-order valence-corrected chi connectivity index (χ2v) is 10.3. The number of anilines is 1. The normalized spacial score (nSPS) is 17.1. The number of carbonyl (C=O) groups is 3. The van der Waals surface area contributed by atoms with Crippen LogP contribution >= 0.6 is 22.7 Å². The van der Waals surface area contributed by atoms with Crippen molar-refractivity contribution in [3.63, 3.8) is 0 Å². The molecule has 8 nitrogen and oxygen atoms in total. The number of hydrogen-bond donors (Lipinski definition) is 0. The molecule has 1 fully saturated rings. The fourth-order valence-corrected chi connectivity index (χ4v) is 5.99. The van der Waals surface area contributed by atoms with Gasteiger partial charge in [0, 0.05) is 26.2 Å². The fourth-order valence-electron chi connectivity index (χ4n) is 4.30. The number of aromatic nitrogens is 2. The Morgan fingerprint density at radius 1 is 0.939 bits per heavy atom. The standard InChI is InChI=1S/C23H23N5O3S2/c1-14(2)18(28-20(29)15-6-3-4-7-16(15)21(28)30)22(31)26-9-11-27(12-10-26)23-25-24-19(33-23)17-8-5-13-32-17/h3-8,13-14,18H,9-12H2,1-2H3. The number of benzene rings is 1. The van der Waals surface area contributed by atoms with E-state index in [1.165, 1.54) is 0 Å². The van der Waals surface area contributed by atoms with Gasteiger partial charge in [0.25, 0.3) is 11.8 Å². The molecule has 0 spiro atoms. The van der Waals surface area contributed by atoms with E-state index < -0.39 is 17.9 Å². The molecule has 2 aromatic heterocycles. The van der Waals surface area contributed by atoms with Crippen LogP contribution in [0.4, 0.5) is 5.13 Å². The summed E-state index contributed by atoms with van der Waals surface area (Å²) in [5, 5.41) is 12.4. The maximum absolute atomic E-state index is 13.5. The van der Waals surface area contributed by atoms with Crippen LogP contribution in [0.2, 0.25) is 0 Å². The largest absolute Gasteiger partial charge is 0.343 e. The van der Waals surface area contributed by atoms with Gasteiger partial charge in [-0.1, -0.05) is 43.4 Å². The van der Waals surface area contributed by atoms with Crippen molar-refractivity contribution in [1.82, 2.24) is 20.0 Å². The molecule has 2 aliphatic heterocycles. The Hall–Kier alpha value is -3.11. The van der Waals surface area contributed by atoms with E-state index in [2.05, 4.69) is 15.1 Å². The van der Waals surface area contributed by atoms with E-state index in [0.717, 1.165) is 19.9 Å². The average Bonchev–Trinajstić information content (AvgIpc) is 3.57. The summed E-state index contributed by atoms with van der Waals surface area (Å²) in [6.07, 6.45) is 0. The van der Waals surface area contributed by atoms with E-state index in [9.17, 15) is 14.4 Å². The van der Waals surface area contributed by atoms with Gasteiger partial charge in [0.1, 0.15) is 6.04 Å². The molecular weight excluding hydrogens is 458 g/mol. The Morgan fingerprint density at radius 3 is 2.18 bits per heavy atom. The third-order valence-electron chi connectivity index (χ3n) is 6.00. The van der Waals surface area contributed by atoms with Gasteiger partial charge < -0.3 is 9.80 Å². The van der Waals surface area contributed by atoms with Crippen LogP contribution in [0.5, 0.6) is 0 Å². The first-order valence-corrected chi connectivity index (χ1v) is 12.5. The minimum absolute atomic E-state index is 0.185. The Morgan fingerprint density at radius 2 is 1.61 bits per heavy atom. The quantitative estimate of drug-likeness (QED) is 0.520. The van der Waals surface area contributed by atoms with Crippen molar-refractivity contribution in [2.75, 3.05) is 31.1 Å². The van der Waals surface area contributed by atoms with Gasteiger partial charge in [0.15, 0.2) is 5.01 Å². The molecule has 2 aliphatic rings. The number of rotatable bonds is 5. The molecule has 1 saturated heterocycles. The number of piperazine rings is 1. The highest BCUT2D eigenvalue weighted by Crippen LogP contribution is 2.32. The highest BCUT2D eigenvalue weighted by atomic mass is 32.1. The van der Waals surface area contributed by atoms with Crippen molar-refractivity contribution in [3.05, 3.63) is 52.9 Å². The lowest BCUT2D eigenvalue weighted by atomic mass is 10.0. The topological polar surface area (TPSA) is 86.7 Å². The van der Waals surface area contributed by atoms with E-state index in [1.54, 1.807) is 51.8 Å². The van der Waals surface area contributed by atoms with Gasteiger partial charge in [0.2, 0.25) is 11.0 Å². The monoisotopic (exact) mass is 481 g/mol. The van der Waals surface area contributed by atoms with Gasteiger partial charge >= 0.3 is 0 Å². The summed E-state index contributed by atoms with van der Waals surface area (Å²) in [6.45, 7) is 5.99. The molecule has 0 radical (unpaired) electrons. The summed E-state index contributed by atoms with van der Waals surface area (Å²) in [5.41, 5.74) is 0.729. The maximum atomic E-state index is 13.5. The van der Waals surface area contributed by atoms with Crippen molar-refractivity contribution in [1.29, 1.82) is 0 Å². The van der Waals surface area contributed by atoms with E-state index in [0.29, 0.717) is 37.3 Å². The molecule has 170 valence electrons. The lowest BCUT2D eigenvalue weighted by Crippen LogP contribution is -2.57. The molecule has 3 amide bonds. The fraction of sp³-hybridized carbons (Fsp3) is 0.348. The lowest BCUT2D eigenvalue weighted by molar-refractivity contribution is -0.137. The molecule has 0 aliphatic carbocycles. The van der Waals surface area contributed by atoms with Crippen LogP contribution in [0.15, 0.2) is 41.8 Å². The van der Waals surface area contributed by atoms with Gasteiger partial charge in [-0.15, -0.1) is 21.5 Å². The average molecular weight is 482 g/mol. The summed E-state index contributed by atoms with van der Waals surface area (Å²) >= 11 is 3.18. The summed E-state index contributed by atoms with van der Waals surface area (Å²) in [4.78, 5) is 45.6. The summed E-state index contributed by atoms with van der Waals surface area (Å²) in [7, 11) is 0. The number of amides is 3. The first-order chi connectivity index (χ1) is 16.0. The molecule has 10 heteroatoms. The summed E-state index contributed by atoms with van der Waals surface area (Å²) in [6, 6.07) is 9.94. The number of nitrogens with zero attached hydrogens (tertiary/aromatic N) is 5. The Balaban J connectivity index is 1.29. The zero-order valence-corrected chi connectivity index (χ0v) is 19.9. The van der Waals surface area contributed by atoms with Crippen LogP contribution in [0.1, 0.15) is 34.6 Å². The van der Waals surface area contributed by atoms with Crippen molar-refractivity contribution >= 4 is 45.5 Å². The third-order valence-corrected chi connectivity index (χ3v) is 8.02. The van der Waals surface area contributed by atoms with Crippen LogP contribution in [0.3, 0.4) is 0 Å². The summed E-state index contributed by atoms with van der Waals surface area (Å²) in [5.74, 6) is -1.17. The molecule has 5 rings (SSSR count). The van der Waals surface area contributed by atoms with Crippen molar-refractivity contribution in [2.24, 2.45) is 5.92 Å².